The minimum atomic E-state index is 0.464. The van der Waals surface area contributed by atoms with Crippen molar-refractivity contribution in [1.82, 2.24) is 14.3 Å². The van der Waals surface area contributed by atoms with Crippen molar-refractivity contribution >= 4 is 5.52 Å². The zero-order valence-electron chi connectivity index (χ0n) is 18.1. The van der Waals surface area contributed by atoms with Gasteiger partial charge in [0.25, 0.3) is 0 Å². The van der Waals surface area contributed by atoms with E-state index in [1.54, 1.807) is 7.11 Å². The number of hydrogen-bond acceptors (Lipinski definition) is 3. The molecule has 0 spiro atoms. The van der Waals surface area contributed by atoms with Crippen LogP contribution < -0.4 is 4.74 Å². The Kier molecular flexibility index (Phi) is 5.72. The fourth-order valence-electron chi connectivity index (χ4n) is 4.73. The van der Waals surface area contributed by atoms with Crippen LogP contribution in [0.25, 0.3) is 16.8 Å². The third-order valence-corrected chi connectivity index (χ3v) is 6.34. The number of rotatable bonds is 7. The van der Waals surface area contributed by atoms with Crippen LogP contribution in [0.5, 0.6) is 5.75 Å². The summed E-state index contributed by atoms with van der Waals surface area (Å²) in [5.41, 5.74) is 4.73. The molecule has 3 heterocycles. The molecule has 0 N–H and O–H groups in total. The molecular formula is C27H29N3O. The smallest absolute Gasteiger partial charge is 0.119 e. The molecule has 4 aromatic rings. The van der Waals surface area contributed by atoms with E-state index in [2.05, 4.69) is 76.2 Å². The van der Waals surface area contributed by atoms with Gasteiger partial charge in [-0.15, -0.1) is 0 Å². The largest absolute Gasteiger partial charge is 0.497 e. The highest BCUT2D eigenvalue weighted by atomic mass is 16.5. The molecule has 1 fully saturated rings. The number of ether oxygens (including phenoxy) is 1. The first kappa shape index (κ1) is 19.8. The topological polar surface area (TPSA) is 29.8 Å². The van der Waals surface area contributed by atoms with Crippen LogP contribution >= 0.6 is 0 Å². The fraction of sp³-hybridized carbons (Fsp3) is 0.296. The summed E-state index contributed by atoms with van der Waals surface area (Å²) in [6, 6.07) is 25.4. The van der Waals surface area contributed by atoms with E-state index in [0.29, 0.717) is 5.92 Å². The van der Waals surface area contributed by atoms with Crippen molar-refractivity contribution in [2.75, 3.05) is 26.7 Å². The van der Waals surface area contributed by atoms with E-state index in [1.807, 2.05) is 12.1 Å². The first-order valence-corrected chi connectivity index (χ1v) is 11.2. The first-order valence-electron chi connectivity index (χ1n) is 11.2. The molecule has 2 aromatic carbocycles. The molecule has 0 aliphatic carbocycles. The third kappa shape index (κ3) is 4.21. The summed E-state index contributed by atoms with van der Waals surface area (Å²) < 4.78 is 7.72. The average Bonchev–Trinajstić information content (AvgIpc) is 3.45. The predicted molar refractivity (Wildman–Crippen MR) is 126 cm³/mol. The number of likely N-dealkylation sites (tertiary alicyclic amines) is 1. The molecule has 1 saturated heterocycles. The minimum Gasteiger partial charge on any atom is -0.497 e. The lowest BCUT2D eigenvalue weighted by molar-refractivity contribution is 0.328. The maximum Gasteiger partial charge on any atom is 0.119 e. The van der Waals surface area contributed by atoms with Gasteiger partial charge in [0.15, 0.2) is 0 Å². The Morgan fingerprint density at radius 1 is 1.00 bits per heavy atom. The van der Waals surface area contributed by atoms with E-state index in [1.165, 1.54) is 17.8 Å². The summed E-state index contributed by atoms with van der Waals surface area (Å²) in [5, 5.41) is 0. The predicted octanol–water partition coefficient (Wildman–Crippen LogP) is 5.43. The quantitative estimate of drug-likeness (QED) is 0.406. The van der Waals surface area contributed by atoms with Gasteiger partial charge in [-0.05, 0) is 62.2 Å². The maximum absolute atomic E-state index is 5.44. The highest BCUT2D eigenvalue weighted by Crippen LogP contribution is 2.33. The van der Waals surface area contributed by atoms with Crippen molar-refractivity contribution in [3.63, 3.8) is 0 Å². The minimum absolute atomic E-state index is 0.464. The van der Waals surface area contributed by atoms with Gasteiger partial charge in [-0.25, -0.2) is 4.98 Å². The number of methoxy groups -OCH3 is 1. The standard InChI is InChI=1S/C27H29N3O/c1-31-24-13-7-12-22(19-24)26-25-14-5-6-17-30(25)27(28-26)23-15-18-29(20-23)16-8-11-21-9-3-2-4-10-21/h2-7,9-10,12-14,17,19,23H,8,11,15-16,18,20H2,1H3. The zero-order valence-corrected chi connectivity index (χ0v) is 18.1. The van der Waals surface area contributed by atoms with Crippen molar-refractivity contribution in [2.24, 2.45) is 0 Å². The van der Waals surface area contributed by atoms with Crippen molar-refractivity contribution in [1.29, 1.82) is 0 Å². The van der Waals surface area contributed by atoms with E-state index in [9.17, 15) is 0 Å². The van der Waals surface area contributed by atoms with Crippen LogP contribution in [0.2, 0.25) is 0 Å². The van der Waals surface area contributed by atoms with Crippen molar-refractivity contribution < 1.29 is 4.74 Å². The van der Waals surface area contributed by atoms with Gasteiger partial charge in [-0.3, -0.25) is 0 Å². The van der Waals surface area contributed by atoms with Crippen LogP contribution in [0, 0.1) is 0 Å². The molecule has 158 valence electrons. The lowest BCUT2D eigenvalue weighted by Gasteiger charge is -2.15. The summed E-state index contributed by atoms with van der Waals surface area (Å²) in [6.45, 7) is 3.38. The van der Waals surface area contributed by atoms with Gasteiger partial charge in [0.05, 0.1) is 18.3 Å². The van der Waals surface area contributed by atoms with Crippen LogP contribution in [0.3, 0.4) is 0 Å². The van der Waals surface area contributed by atoms with E-state index < -0.39 is 0 Å². The fourth-order valence-corrected chi connectivity index (χ4v) is 4.73. The molecule has 4 heteroatoms. The Hall–Kier alpha value is -3.11. The molecule has 0 saturated carbocycles. The number of benzene rings is 2. The lowest BCUT2D eigenvalue weighted by Crippen LogP contribution is -2.22. The normalized spacial score (nSPS) is 16.7. The molecule has 1 aliphatic heterocycles. The van der Waals surface area contributed by atoms with Crippen LogP contribution in [-0.2, 0) is 6.42 Å². The number of nitrogens with zero attached hydrogens (tertiary/aromatic N) is 3. The van der Waals surface area contributed by atoms with Crippen molar-refractivity contribution in [3.8, 4) is 17.0 Å². The Morgan fingerprint density at radius 2 is 1.87 bits per heavy atom. The maximum atomic E-state index is 5.44. The molecule has 4 nitrogen and oxygen atoms in total. The molecule has 0 radical (unpaired) electrons. The Bertz CT molecular complexity index is 1150. The molecule has 0 amide bonds. The average molecular weight is 412 g/mol. The molecule has 0 bridgehead atoms. The second-order valence-corrected chi connectivity index (χ2v) is 8.38. The second kappa shape index (κ2) is 8.94. The van der Waals surface area contributed by atoms with Crippen LogP contribution in [0.4, 0.5) is 0 Å². The van der Waals surface area contributed by atoms with Gasteiger partial charge in [0.1, 0.15) is 11.6 Å². The monoisotopic (exact) mass is 411 g/mol. The Balaban J connectivity index is 1.33. The van der Waals surface area contributed by atoms with Gasteiger partial charge < -0.3 is 14.0 Å². The summed E-state index contributed by atoms with van der Waals surface area (Å²) in [4.78, 5) is 7.76. The van der Waals surface area contributed by atoms with Gasteiger partial charge in [-0.2, -0.15) is 0 Å². The molecule has 5 rings (SSSR count). The van der Waals surface area contributed by atoms with Gasteiger partial charge in [0, 0.05) is 24.2 Å². The number of fused-ring (bicyclic) bond motifs is 1. The molecule has 1 unspecified atom stereocenters. The van der Waals surface area contributed by atoms with E-state index >= 15 is 0 Å². The van der Waals surface area contributed by atoms with Crippen molar-refractivity contribution in [2.45, 2.75) is 25.2 Å². The number of hydrogen-bond donors (Lipinski definition) is 0. The molecule has 31 heavy (non-hydrogen) atoms. The van der Waals surface area contributed by atoms with Crippen LogP contribution in [-0.4, -0.2) is 41.0 Å². The SMILES string of the molecule is COc1cccc(-c2nc(C3CCN(CCCc4ccccc4)C3)n3ccccc23)c1. The van der Waals surface area contributed by atoms with Gasteiger partial charge in [0.2, 0.25) is 0 Å². The molecule has 1 aliphatic rings. The number of aryl methyl sites for hydroxylation is 1. The van der Waals surface area contributed by atoms with Crippen LogP contribution in [0.1, 0.15) is 30.1 Å². The molecular weight excluding hydrogens is 382 g/mol. The number of aromatic nitrogens is 2. The summed E-state index contributed by atoms with van der Waals surface area (Å²) in [7, 11) is 1.71. The van der Waals surface area contributed by atoms with Gasteiger partial charge in [-0.1, -0.05) is 48.5 Å². The Morgan fingerprint density at radius 3 is 2.74 bits per heavy atom. The van der Waals surface area contributed by atoms with E-state index in [4.69, 9.17) is 9.72 Å². The van der Waals surface area contributed by atoms with Crippen molar-refractivity contribution in [3.05, 3.63) is 90.4 Å². The highest BCUT2D eigenvalue weighted by Gasteiger charge is 2.28. The van der Waals surface area contributed by atoms with E-state index in [-0.39, 0.29) is 0 Å². The number of imidazole rings is 1. The van der Waals surface area contributed by atoms with Crippen LogP contribution in [0.15, 0.2) is 79.0 Å². The summed E-state index contributed by atoms with van der Waals surface area (Å²) >= 11 is 0. The molecule has 1 atom stereocenters. The highest BCUT2D eigenvalue weighted by molar-refractivity contribution is 5.78. The molecule has 2 aromatic heterocycles. The zero-order chi connectivity index (χ0) is 21.0. The number of pyridine rings is 1. The lowest BCUT2D eigenvalue weighted by atomic mass is 10.1. The van der Waals surface area contributed by atoms with E-state index in [0.717, 1.165) is 55.0 Å². The third-order valence-electron chi connectivity index (χ3n) is 6.34. The second-order valence-electron chi connectivity index (χ2n) is 8.38. The van der Waals surface area contributed by atoms with Gasteiger partial charge >= 0.3 is 0 Å². The first-order chi connectivity index (χ1) is 15.3. The Labute approximate surface area is 184 Å². The summed E-state index contributed by atoms with van der Waals surface area (Å²) in [5.74, 6) is 2.51. The summed E-state index contributed by atoms with van der Waals surface area (Å²) in [6.07, 6.45) is 5.67.